The highest BCUT2D eigenvalue weighted by atomic mass is 32.1. The van der Waals surface area contributed by atoms with Crippen molar-refractivity contribution in [3.8, 4) is 0 Å². The van der Waals surface area contributed by atoms with E-state index in [9.17, 15) is 0 Å². The average Bonchev–Trinajstić information content (AvgIpc) is 2.35. The Morgan fingerprint density at radius 1 is 1.32 bits per heavy atom. The van der Waals surface area contributed by atoms with Crippen molar-refractivity contribution < 1.29 is 0 Å². The first-order valence-electron chi connectivity index (χ1n) is 7.10. The van der Waals surface area contributed by atoms with Gasteiger partial charge in [-0.05, 0) is 30.7 Å². The SMILES string of the molecule is CC1CC(C)C(C)N(Cc2ccccc2C(N)=S)C1. The molecule has 1 aliphatic heterocycles. The lowest BCUT2D eigenvalue weighted by Crippen LogP contribution is -2.45. The Morgan fingerprint density at radius 2 is 2.00 bits per heavy atom. The molecule has 0 aliphatic carbocycles. The molecule has 2 N–H and O–H groups in total. The number of rotatable bonds is 3. The third-order valence-electron chi connectivity index (χ3n) is 4.38. The fourth-order valence-corrected chi connectivity index (χ4v) is 3.36. The smallest absolute Gasteiger partial charge is 0.104 e. The Morgan fingerprint density at radius 3 is 2.68 bits per heavy atom. The highest BCUT2D eigenvalue weighted by molar-refractivity contribution is 7.80. The van der Waals surface area contributed by atoms with Crippen molar-refractivity contribution >= 4 is 17.2 Å². The maximum Gasteiger partial charge on any atom is 0.104 e. The van der Waals surface area contributed by atoms with Gasteiger partial charge in [-0.2, -0.15) is 0 Å². The van der Waals surface area contributed by atoms with Gasteiger partial charge in [0, 0.05) is 24.7 Å². The number of thiocarbonyl (C=S) groups is 1. The van der Waals surface area contributed by atoms with Crippen LogP contribution >= 0.6 is 12.2 Å². The maximum absolute atomic E-state index is 5.82. The zero-order valence-electron chi connectivity index (χ0n) is 12.1. The summed E-state index contributed by atoms with van der Waals surface area (Å²) in [5, 5.41) is 0. The largest absolute Gasteiger partial charge is 0.389 e. The molecule has 0 aromatic heterocycles. The van der Waals surface area contributed by atoms with Gasteiger partial charge in [0.15, 0.2) is 0 Å². The molecule has 1 aromatic rings. The van der Waals surface area contributed by atoms with Gasteiger partial charge in [0.25, 0.3) is 0 Å². The molecule has 2 rings (SSSR count). The molecule has 3 unspecified atom stereocenters. The van der Waals surface area contributed by atoms with Gasteiger partial charge in [0.05, 0.1) is 0 Å². The number of nitrogens with two attached hydrogens (primary N) is 1. The first kappa shape index (κ1) is 14.5. The van der Waals surface area contributed by atoms with Gasteiger partial charge in [0.1, 0.15) is 4.99 Å². The second-order valence-corrected chi connectivity index (χ2v) is 6.45. The molecule has 2 nitrogen and oxygen atoms in total. The number of piperidine rings is 1. The number of nitrogens with zero attached hydrogens (tertiary/aromatic N) is 1. The van der Waals surface area contributed by atoms with E-state index < -0.39 is 0 Å². The maximum atomic E-state index is 5.82. The van der Waals surface area contributed by atoms with Gasteiger partial charge >= 0.3 is 0 Å². The predicted molar refractivity (Wildman–Crippen MR) is 85.1 cm³/mol. The minimum Gasteiger partial charge on any atom is -0.389 e. The fraction of sp³-hybridized carbons (Fsp3) is 0.562. The molecule has 1 heterocycles. The van der Waals surface area contributed by atoms with Gasteiger partial charge in [0.2, 0.25) is 0 Å². The Kier molecular flexibility index (Phi) is 4.58. The van der Waals surface area contributed by atoms with Crippen molar-refractivity contribution in [3.05, 3.63) is 35.4 Å². The highest BCUT2D eigenvalue weighted by Gasteiger charge is 2.28. The van der Waals surface area contributed by atoms with Crippen molar-refractivity contribution in [2.45, 2.75) is 39.8 Å². The monoisotopic (exact) mass is 276 g/mol. The molecule has 0 bridgehead atoms. The van der Waals surface area contributed by atoms with E-state index >= 15 is 0 Å². The van der Waals surface area contributed by atoms with E-state index in [1.807, 2.05) is 12.1 Å². The average molecular weight is 276 g/mol. The second-order valence-electron chi connectivity index (χ2n) is 6.01. The highest BCUT2D eigenvalue weighted by Crippen LogP contribution is 2.28. The van der Waals surface area contributed by atoms with E-state index in [4.69, 9.17) is 18.0 Å². The quantitative estimate of drug-likeness (QED) is 0.860. The Hall–Kier alpha value is -0.930. The predicted octanol–water partition coefficient (Wildman–Crippen LogP) is 3.19. The Labute approximate surface area is 122 Å². The lowest BCUT2D eigenvalue weighted by atomic mass is 9.85. The van der Waals surface area contributed by atoms with E-state index in [0.717, 1.165) is 30.5 Å². The number of hydrogen-bond acceptors (Lipinski definition) is 2. The van der Waals surface area contributed by atoms with Crippen LogP contribution in [0, 0.1) is 11.8 Å². The van der Waals surface area contributed by atoms with E-state index in [0.29, 0.717) is 11.0 Å². The molecule has 0 saturated carbocycles. The molecule has 0 amide bonds. The minimum absolute atomic E-state index is 0.501. The van der Waals surface area contributed by atoms with Crippen molar-refractivity contribution in [3.63, 3.8) is 0 Å². The Bertz CT molecular complexity index is 458. The van der Waals surface area contributed by atoms with Crippen LogP contribution in [0.25, 0.3) is 0 Å². The van der Waals surface area contributed by atoms with Crippen LogP contribution in [-0.2, 0) is 6.54 Å². The van der Waals surface area contributed by atoms with E-state index in [1.165, 1.54) is 12.0 Å². The summed E-state index contributed by atoms with van der Waals surface area (Å²) in [5.41, 5.74) is 8.10. The third-order valence-corrected chi connectivity index (χ3v) is 4.60. The topological polar surface area (TPSA) is 29.3 Å². The van der Waals surface area contributed by atoms with Gasteiger partial charge in [-0.3, -0.25) is 4.90 Å². The Balaban J connectivity index is 2.18. The molecule has 104 valence electrons. The minimum atomic E-state index is 0.501. The van der Waals surface area contributed by atoms with Crippen LogP contribution in [0.4, 0.5) is 0 Å². The molecule has 19 heavy (non-hydrogen) atoms. The zero-order chi connectivity index (χ0) is 14.0. The number of benzene rings is 1. The summed E-state index contributed by atoms with van der Waals surface area (Å²) < 4.78 is 0. The summed E-state index contributed by atoms with van der Waals surface area (Å²) in [5.74, 6) is 1.52. The van der Waals surface area contributed by atoms with Crippen LogP contribution in [0.3, 0.4) is 0 Å². The summed E-state index contributed by atoms with van der Waals surface area (Å²) in [6.07, 6.45) is 1.33. The molecule has 0 radical (unpaired) electrons. The van der Waals surface area contributed by atoms with E-state index in [-0.39, 0.29) is 0 Å². The molecule has 1 fully saturated rings. The molecule has 0 spiro atoms. The molecular formula is C16H24N2S. The van der Waals surface area contributed by atoms with Crippen molar-refractivity contribution in [1.82, 2.24) is 4.90 Å². The number of likely N-dealkylation sites (tertiary alicyclic amines) is 1. The summed E-state index contributed by atoms with van der Waals surface area (Å²) in [7, 11) is 0. The zero-order valence-corrected chi connectivity index (χ0v) is 12.9. The van der Waals surface area contributed by atoms with Crippen LogP contribution in [0.5, 0.6) is 0 Å². The number of hydrogen-bond donors (Lipinski definition) is 1. The summed E-state index contributed by atoms with van der Waals surface area (Å²) in [6, 6.07) is 8.86. The first-order valence-corrected chi connectivity index (χ1v) is 7.51. The molecule has 1 aliphatic rings. The van der Waals surface area contributed by atoms with E-state index in [1.54, 1.807) is 0 Å². The molecule has 3 heteroatoms. The van der Waals surface area contributed by atoms with Gasteiger partial charge in [-0.15, -0.1) is 0 Å². The lowest BCUT2D eigenvalue weighted by molar-refractivity contribution is 0.0729. The third kappa shape index (κ3) is 3.34. The first-order chi connectivity index (χ1) is 8.99. The normalized spacial score (nSPS) is 28.3. The second kappa shape index (κ2) is 6.02. The van der Waals surface area contributed by atoms with Crippen molar-refractivity contribution in [2.75, 3.05) is 6.54 Å². The van der Waals surface area contributed by atoms with Crippen molar-refractivity contribution in [1.29, 1.82) is 0 Å². The van der Waals surface area contributed by atoms with Crippen LogP contribution in [0.2, 0.25) is 0 Å². The standard InChI is InChI=1S/C16H24N2S/c1-11-8-12(2)13(3)18(9-11)10-14-6-4-5-7-15(14)16(17)19/h4-7,11-13H,8-10H2,1-3H3,(H2,17,19). The summed E-state index contributed by atoms with van der Waals surface area (Å²) in [4.78, 5) is 3.07. The van der Waals surface area contributed by atoms with E-state index in [2.05, 4.69) is 37.8 Å². The molecular weight excluding hydrogens is 252 g/mol. The van der Waals surface area contributed by atoms with Gasteiger partial charge < -0.3 is 5.73 Å². The molecule has 3 atom stereocenters. The fourth-order valence-electron chi connectivity index (χ4n) is 3.16. The van der Waals surface area contributed by atoms with Gasteiger partial charge in [-0.1, -0.05) is 50.3 Å². The van der Waals surface area contributed by atoms with Gasteiger partial charge in [-0.25, -0.2) is 0 Å². The van der Waals surface area contributed by atoms with Crippen LogP contribution in [-0.4, -0.2) is 22.5 Å². The molecule has 1 saturated heterocycles. The lowest BCUT2D eigenvalue weighted by Gasteiger charge is -2.41. The van der Waals surface area contributed by atoms with Crippen molar-refractivity contribution in [2.24, 2.45) is 17.6 Å². The van der Waals surface area contributed by atoms with Crippen LogP contribution < -0.4 is 5.73 Å². The summed E-state index contributed by atoms with van der Waals surface area (Å²) in [6.45, 7) is 9.14. The molecule has 1 aromatic carbocycles. The van der Waals surface area contributed by atoms with Crippen LogP contribution in [0.15, 0.2) is 24.3 Å². The summed E-state index contributed by atoms with van der Waals surface area (Å²) >= 11 is 5.15. The van der Waals surface area contributed by atoms with Crippen LogP contribution in [0.1, 0.15) is 38.3 Å².